The molecule has 2 atom stereocenters. The van der Waals surface area contributed by atoms with Gasteiger partial charge in [0.05, 0.1) is 14.2 Å². The van der Waals surface area contributed by atoms with Gasteiger partial charge in [-0.1, -0.05) is 6.07 Å². The number of nitrogens with one attached hydrogen (secondary N) is 1. The molecule has 0 amide bonds. The Hall–Kier alpha value is -1.75. The topological polar surface area (TPSA) is 67.8 Å². The third-order valence-corrected chi connectivity index (χ3v) is 3.70. The molecule has 5 nitrogen and oxygen atoms in total. The molecule has 1 aromatic carbocycles. The van der Waals surface area contributed by atoms with Crippen LogP contribution in [0.15, 0.2) is 18.2 Å². The highest BCUT2D eigenvalue weighted by Gasteiger charge is 2.36. The zero-order valence-corrected chi connectivity index (χ0v) is 12.1. The Morgan fingerprint density at radius 2 is 1.95 bits per heavy atom. The number of hydrogen-bond donors (Lipinski definition) is 2. The van der Waals surface area contributed by atoms with Crippen molar-refractivity contribution in [2.24, 2.45) is 5.92 Å². The molecule has 1 aliphatic carbocycles. The van der Waals surface area contributed by atoms with Crippen molar-refractivity contribution in [1.82, 2.24) is 5.32 Å². The summed E-state index contributed by atoms with van der Waals surface area (Å²) in [5.41, 5.74) is 0.981. The van der Waals surface area contributed by atoms with E-state index in [-0.39, 0.29) is 12.0 Å². The van der Waals surface area contributed by atoms with Gasteiger partial charge in [-0.3, -0.25) is 10.1 Å². The van der Waals surface area contributed by atoms with Crippen LogP contribution in [-0.2, 0) is 4.79 Å². The number of aliphatic carboxylic acids is 1. The quantitative estimate of drug-likeness (QED) is 0.801. The van der Waals surface area contributed by atoms with Crippen LogP contribution >= 0.6 is 0 Å². The fourth-order valence-electron chi connectivity index (χ4n) is 2.33. The van der Waals surface area contributed by atoms with Crippen molar-refractivity contribution in [3.8, 4) is 11.5 Å². The van der Waals surface area contributed by atoms with Crippen LogP contribution in [0.25, 0.3) is 0 Å². The minimum atomic E-state index is -0.778. The molecule has 0 heterocycles. The summed E-state index contributed by atoms with van der Waals surface area (Å²) in [5.74, 6) is 0.798. The van der Waals surface area contributed by atoms with Crippen LogP contribution in [0.3, 0.4) is 0 Å². The van der Waals surface area contributed by atoms with Crippen molar-refractivity contribution >= 4 is 5.97 Å². The van der Waals surface area contributed by atoms with E-state index in [1.54, 1.807) is 14.2 Å². The van der Waals surface area contributed by atoms with Gasteiger partial charge in [0.25, 0.3) is 0 Å². The molecule has 2 N–H and O–H groups in total. The molecule has 5 heteroatoms. The Morgan fingerprint density at radius 1 is 1.30 bits per heavy atom. The molecule has 1 fully saturated rings. The lowest BCUT2D eigenvalue weighted by molar-refractivity contribution is -0.140. The normalized spacial score (nSPS) is 17.4. The molecule has 1 saturated carbocycles. The second kappa shape index (κ2) is 6.13. The summed E-state index contributed by atoms with van der Waals surface area (Å²) in [6.45, 7) is 1.96. The van der Waals surface area contributed by atoms with E-state index in [0.29, 0.717) is 11.5 Å². The van der Waals surface area contributed by atoms with Gasteiger partial charge < -0.3 is 14.6 Å². The number of ether oxygens (including phenoxy) is 2. The summed E-state index contributed by atoms with van der Waals surface area (Å²) >= 11 is 0. The van der Waals surface area contributed by atoms with Crippen LogP contribution < -0.4 is 14.8 Å². The van der Waals surface area contributed by atoms with Crippen molar-refractivity contribution in [3.05, 3.63) is 23.8 Å². The number of carbonyl (C=O) groups is 1. The molecule has 0 saturated heterocycles. The van der Waals surface area contributed by atoms with Gasteiger partial charge in [0.2, 0.25) is 0 Å². The molecule has 0 aliphatic heterocycles. The first-order chi connectivity index (χ1) is 9.56. The Morgan fingerprint density at radius 3 is 2.45 bits per heavy atom. The maximum Gasteiger partial charge on any atom is 0.320 e. The molecule has 1 aliphatic rings. The number of methoxy groups -OCH3 is 2. The molecule has 2 rings (SSSR count). The number of carboxylic acid groups (broad SMARTS) is 1. The summed E-state index contributed by atoms with van der Waals surface area (Å²) in [7, 11) is 3.18. The lowest BCUT2D eigenvalue weighted by atomic mass is 10.1. The molecule has 0 spiro atoms. The molecular weight excluding hydrogens is 258 g/mol. The molecule has 110 valence electrons. The van der Waals surface area contributed by atoms with E-state index in [4.69, 9.17) is 9.47 Å². The van der Waals surface area contributed by atoms with Gasteiger partial charge in [-0.15, -0.1) is 0 Å². The summed E-state index contributed by atoms with van der Waals surface area (Å²) in [4.78, 5) is 11.3. The second-order valence-corrected chi connectivity index (χ2v) is 5.16. The Labute approximate surface area is 118 Å². The largest absolute Gasteiger partial charge is 0.493 e. The Bertz CT molecular complexity index is 485. The molecule has 0 radical (unpaired) electrons. The standard InChI is InChI=1S/C15H21NO4/c1-9(16-14(15(17)18)10-4-5-10)11-6-7-12(19-2)13(8-11)20-3/h6-10,14,16H,4-5H2,1-3H3,(H,17,18). The van der Waals surface area contributed by atoms with Crippen LogP contribution in [0.2, 0.25) is 0 Å². The van der Waals surface area contributed by atoms with Gasteiger partial charge in [0.1, 0.15) is 6.04 Å². The first-order valence-electron chi connectivity index (χ1n) is 6.77. The molecule has 0 bridgehead atoms. The van der Waals surface area contributed by atoms with Crippen molar-refractivity contribution < 1.29 is 19.4 Å². The summed E-state index contributed by atoms with van der Waals surface area (Å²) in [6, 6.07) is 5.10. The van der Waals surface area contributed by atoms with Crippen LogP contribution in [0.4, 0.5) is 0 Å². The molecule has 2 unspecified atom stereocenters. The van der Waals surface area contributed by atoms with Crippen LogP contribution in [0.1, 0.15) is 31.4 Å². The van der Waals surface area contributed by atoms with Crippen LogP contribution in [0.5, 0.6) is 11.5 Å². The first kappa shape index (κ1) is 14.7. The summed E-state index contributed by atoms with van der Waals surface area (Å²) in [5, 5.41) is 12.4. The zero-order chi connectivity index (χ0) is 14.7. The fourth-order valence-corrected chi connectivity index (χ4v) is 2.33. The summed E-state index contributed by atoms with van der Waals surface area (Å²) < 4.78 is 10.5. The van der Waals surface area contributed by atoms with E-state index in [2.05, 4.69) is 5.32 Å². The predicted octanol–water partition coefficient (Wildman–Crippen LogP) is 2.22. The van der Waals surface area contributed by atoms with Gasteiger partial charge >= 0.3 is 5.97 Å². The monoisotopic (exact) mass is 279 g/mol. The number of rotatable bonds is 7. The van der Waals surface area contributed by atoms with E-state index in [0.717, 1.165) is 18.4 Å². The smallest absolute Gasteiger partial charge is 0.320 e. The molecule has 20 heavy (non-hydrogen) atoms. The van der Waals surface area contributed by atoms with Crippen molar-refractivity contribution in [1.29, 1.82) is 0 Å². The Kier molecular flexibility index (Phi) is 4.49. The minimum Gasteiger partial charge on any atom is -0.493 e. The highest BCUT2D eigenvalue weighted by atomic mass is 16.5. The van der Waals surface area contributed by atoms with E-state index in [1.165, 1.54) is 0 Å². The van der Waals surface area contributed by atoms with E-state index in [1.807, 2.05) is 25.1 Å². The zero-order valence-electron chi connectivity index (χ0n) is 12.1. The maximum atomic E-state index is 11.3. The van der Waals surface area contributed by atoms with E-state index < -0.39 is 12.0 Å². The Balaban J connectivity index is 2.11. The average Bonchev–Trinajstić information content (AvgIpc) is 3.27. The third kappa shape index (κ3) is 3.22. The maximum absolute atomic E-state index is 11.3. The van der Waals surface area contributed by atoms with E-state index in [9.17, 15) is 9.90 Å². The second-order valence-electron chi connectivity index (χ2n) is 5.16. The molecule has 0 aromatic heterocycles. The minimum absolute atomic E-state index is 0.0588. The average molecular weight is 279 g/mol. The van der Waals surface area contributed by atoms with Gasteiger partial charge in [-0.05, 0) is 43.4 Å². The first-order valence-corrected chi connectivity index (χ1v) is 6.77. The lowest BCUT2D eigenvalue weighted by Gasteiger charge is -2.21. The highest BCUT2D eigenvalue weighted by molar-refractivity contribution is 5.74. The highest BCUT2D eigenvalue weighted by Crippen LogP contribution is 2.35. The molecular formula is C15H21NO4. The number of benzene rings is 1. The van der Waals surface area contributed by atoms with E-state index >= 15 is 0 Å². The summed E-state index contributed by atoms with van der Waals surface area (Å²) in [6.07, 6.45) is 1.98. The van der Waals surface area contributed by atoms with Crippen molar-refractivity contribution in [3.63, 3.8) is 0 Å². The van der Waals surface area contributed by atoms with Crippen molar-refractivity contribution in [2.45, 2.75) is 31.8 Å². The molecule has 1 aromatic rings. The van der Waals surface area contributed by atoms with Gasteiger partial charge in [0, 0.05) is 6.04 Å². The fraction of sp³-hybridized carbons (Fsp3) is 0.533. The van der Waals surface area contributed by atoms with Gasteiger partial charge in [0.15, 0.2) is 11.5 Å². The third-order valence-electron chi connectivity index (χ3n) is 3.70. The van der Waals surface area contributed by atoms with Crippen molar-refractivity contribution in [2.75, 3.05) is 14.2 Å². The van der Waals surface area contributed by atoms with Crippen LogP contribution in [-0.4, -0.2) is 31.3 Å². The van der Waals surface area contributed by atoms with Crippen LogP contribution in [0, 0.1) is 5.92 Å². The number of carboxylic acids is 1. The van der Waals surface area contributed by atoms with Gasteiger partial charge in [-0.2, -0.15) is 0 Å². The lowest BCUT2D eigenvalue weighted by Crippen LogP contribution is -2.40. The number of hydrogen-bond acceptors (Lipinski definition) is 4. The SMILES string of the molecule is COc1ccc(C(C)NC(C(=O)O)C2CC2)cc1OC. The van der Waals surface area contributed by atoms with Gasteiger partial charge in [-0.25, -0.2) is 0 Å². The predicted molar refractivity (Wildman–Crippen MR) is 75.2 cm³/mol.